The number of phenols is 1. The normalized spacial score (nSPS) is 20.7. The van der Waals surface area contributed by atoms with Crippen LogP contribution in [0.5, 0.6) is 11.5 Å². The molecular formula is C20H26N2O3. The van der Waals surface area contributed by atoms with Crippen LogP contribution >= 0.6 is 0 Å². The summed E-state index contributed by atoms with van der Waals surface area (Å²) in [5.41, 5.74) is 2.07. The summed E-state index contributed by atoms with van der Waals surface area (Å²) in [6, 6.07) is 15.8. The number of methoxy groups -OCH3 is 1. The molecule has 2 aromatic carbocycles. The SMILES string of the molecule is COc1ccc(O)c(CNCC2CC(O)CN2Cc2ccccc2)c1. The third-order valence-corrected chi connectivity index (χ3v) is 4.72. The first kappa shape index (κ1) is 17.7. The number of hydrogen-bond donors (Lipinski definition) is 3. The average molecular weight is 342 g/mol. The summed E-state index contributed by atoms with van der Waals surface area (Å²) in [5.74, 6) is 0.998. The van der Waals surface area contributed by atoms with Crippen molar-refractivity contribution in [3.05, 3.63) is 59.7 Å². The average Bonchev–Trinajstić information content (AvgIpc) is 2.96. The first-order valence-corrected chi connectivity index (χ1v) is 8.68. The van der Waals surface area contributed by atoms with Crippen molar-refractivity contribution in [2.45, 2.75) is 31.7 Å². The minimum atomic E-state index is -0.277. The van der Waals surface area contributed by atoms with Crippen molar-refractivity contribution in [2.24, 2.45) is 0 Å². The number of aromatic hydroxyl groups is 1. The largest absolute Gasteiger partial charge is 0.508 e. The van der Waals surface area contributed by atoms with Gasteiger partial charge in [0.25, 0.3) is 0 Å². The van der Waals surface area contributed by atoms with Crippen LogP contribution in [0.2, 0.25) is 0 Å². The van der Waals surface area contributed by atoms with Gasteiger partial charge in [0.15, 0.2) is 0 Å². The molecule has 1 aliphatic rings. The molecular weight excluding hydrogens is 316 g/mol. The number of benzene rings is 2. The molecule has 2 unspecified atom stereocenters. The summed E-state index contributed by atoms with van der Waals surface area (Å²) < 4.78 is 5.21. The molecule has 1 heterocycles. The summed E-state index contributed by atoms with van der Waals surface area (Å²) in [4.78, 5) is 2.32. The van der Waals surface area contributed by atoms with E-state index in [4.69, 9.17) is 4.74 Å². The van der Waals surface area contributed by atoms with Crippen molar-refractivity contribution in [3.8, 4) is 11.5 Å². The number of phenolic OH excluding ortho intramolecular Hbond substituents is 1. The Morgan fingerprint density at radius 2 is 2.00 bits per heavy atom. The molecule has 0 bridgehead atoms. The molecule has 3 rings (SSSR count). The first-order valence-electron chi connectivity index (χ1n) is 8.68. The Bertz CT molecular complexity index is 678. The highest BCUT2D eigenvalue weighted by atomic mass is 16.5. The smallest absolute Gasteiger partial charge is 0.120 e. The van der Waals surface area contributed by atoms with Gasteiger partial charge >= 0.3 is 0 Å². The van der Waals surface area contributed by atoms with Crippen LogP contribution in [0.3, 0.4) is 0 Å². The van der Waals surface area contributed by atoms with Crippen molar-refractivity contribution in [2.75, 3.05) is 20.2 Å². The molecule has 0 aliphatic carbocycles. The Morgan fingerprint density at radius 3 is 2.76 bits per heavy atom. The Balaban J connectivity index is 1.56. The van der Waals surface area contributed by atoms with Gasteiger partial charge in [0.1, 0.15) is 11.5 Å². The fraction of sp³-hybridized carbons (Fsp3) is 0.400. The monoisotopic (exact) mass is 342 g/mol. The molecule has 2 atom stereocenters. The lowest BCUT2D eigenvalue weighted by Gasteiger charge is -2.24. The molecule has 3 N–H and O–H groups in total. The fourth-order valence-electron chi connectivity index (χ4n) is 3.39. The van der Waals surface area contributed by atoms with Crippen LogP contribution in [-0.4, -0.2) is 47.5 Å². The van der Waals surface area contributed by atoms with Crippen LogP contribution in [0.4, 0.5) is 0 Å². The van der Waals surface area contributed by atoms with Gasteiger partial charge in [-0.25, -0.2) is 0 Å². The molecule has 2 aromatic rings. The van der Waals surface area contributed by atoms with E-state index in [1.54, 1.807) is 19.2 Å². The minimum Gasteiger partial charge on any atom is -0.508 e. The molecule has 134 valence electrons. The fourth-order valence-corrected chi connectivity index (χ4v) is 3.39. The standard InChI is InChI=1S/C20H26N2O3/c1-25-19-7-8-20(24)16(9-19)11-21-12-17-10-18(23)14-22(17)13-15-5-3-2-4-6-15/h2-9,17-18,21,23-24H,10-14H2,1H3. The van der Waals surface area contributed by atoms with E-state index >= 15 is 0 Å². The van der Waals surface area contributed by atoms with Crippen LogP contribution in [0.1, 0.15) is 17.5 Å². The Kier molecular flexibility index (Phi) is 5.91. The zero-order valence-corrected chi connectivity index (χ0v) is 14.6. The maximum Gasteiger partial charge on any atom is 0.120 e. The van der Waals surface area contributed by atoms with Crippen molar-refractivity contribution in [1.29, 1.82) is 0 Å². The first-order chi connectivity index (χ1) is 12.2. The third kappa shape index (κ3) is 4.72. The van der Waals surface area contributed by atoms with Crippen molar-refractivity contribution < 1.29 is 14.9 Å². The van der Waals surface area contributed by atoms with Crippen molar-refractivity contribution >= 4 is 0 Å². The molecule has 0 aromatic heterocycles. The van der Waals surface area contributed by atoms with Gasteiger partial charge in [-0.2, -0.15) is 0 Å². The van der Waals surface area contributed by atoms with Gasteiger partial charge in [-0.05, 0) is 30.2 Å². The number of rotatable bonds is 7. The minimum absolute atomic E-state index is 0.265. The number of hydrogen-bond acceptors (Lipinski definition) is 5. The molecule has 1 aliphatic heterocycles. The number of ether oxygens (including phenoxy) is 1. The second kappa shape index (κ2) is 8.34. The molecule has 0 spiro atoms. The van der Waals surface area contributed by atoms with E-state index in [0.29, 0.717) is 13.1 Å². The molecule has 25 heavy (non-hydrogen) atoms. The van der Waals surface area contributed by atoms with Gasteiger partial charge in [-0.1, -0.05) is 30.3 Å². The number of aliphatic hydroxyl groups excluding tert-OH is 1. The summed E-state index contributed by atoms with van der Waals surface area (Å²) >= 11 is 0. The Hall–Kier alpha value is -2.08. The predicted octanol–water partition coefficient (Wildman–Crippen LogP) is 2.13. The van der Waals surface area contributed by atoms with Crippen LogP contribution in [0.15, 0.2) is 48.5 Å². The van der Waals surface area contributed by atoms with E-state index in [1.165, 1.54) is 5.56 Å². The van der Waals surface area contributed by atoms with E-state index in [2.05, 4.69) is 22.3 Å². The lowest BCUT2D eigenvalue weighted by Crippen LogP contribution is -2.37. The van der Waals surface area contributed by atoms with Gasteiger partial charge in [0.2, 0.25) is 0 Å². The Morgan fingerprint density at radius 1 is 1.20 bits per heavy atom. The second-order valence-electron chi connectivity index (χ2n) is 6.58. The highest BCUT2D eigenvalue weighted by molar-refractivity contribution is 5.39. The molecule has 0 saturated carbocycles. The van der Waals surface area contributed by atoms with E-state index in [0.717, 1.165) is 30.8 Å². The number of β-amino-alcohol motifs (C(OH)–C–C–N with tert-alkyl or cyclic N) is 1. The van der Waals surface area contributed by atoms with E-state index in [1.807, 2.05) is 24.3 Å². The molecule has 0 radical (unpaired) electrons. The number of likely N-dealkylation sites (tertiary alicyclic amines) is 1. The predicted molar refractivity (Wildman–Crippen MR) is 97.6 cm³/mol. The van der Waals surface area contributed by atoms with Gasteiger partial charge < -0.3 is 20.3 Å². The van der Waals surface area contributed by atoms with Crippen LogP contribution in [0.25, 0.3) is 0 Å². The number of nitrogens with zero attached hydrogens (tertiary/aromatic N) is 1. The van der Waals surface area contributed by atoms with Crippen LogP contribution < -0.4 is 10.1 Å². The molecule has 0 amide bonds. The summed E-state index contributed by atoms with van der Waals surface area (Å²) in [6.07, 6.45) is 0.491. The van der Waals surface area contributed by atoms with Gasteiger partial charge in [-0.15, -0.1) is 0 Å². The summed E-state index contributed by atoms with van der Waals surface area (Å²) in [7, 11) is 1.62. The van der Waals surface area contributed by atoms with Crippen LogP contribution in [-0.2, 0) is 13.1 Å². The highest BCUT2D eigenvalue weighted by Gasteiger charge is 2.30. The topological polar surface area (TPSA) is 65.0 Å². The zero-order valence-electron chi connectivity index (χ0n) is 14.6. The highest BCUT2D eigenvalue weighted by Crippen LogP contribution is 2.23. The van der Waals surface area contributed by atoms with E-state index < -0.39 is 0 Å². The second-order valence-corrected chi connectivity index (χ2v) is 6.58. The lowest BCUT2D eigenvalue weighted by molar-refractivity contribution is 0.172. The Labute approximate surface area is 148 Å². The van der Waals surface area contributed by atoms with E-state index in [-0.39, 0.29) is 17.9 Å². The number of nitrogens with one attached hydrogen (secondary N) is 1. The molecule has 5 heteroatoms. The molecule has 5 nitrogen and oxygen atoms in total. The number of aliphatic hydroxyl groups is 1. The quantitative estimate of drug-likeness (QED) is 0.719. The van der Waals surface area contributed by atoms with Crippen molar-refractivity contribution in [3.63, 3.8) is 0 Å². The zero-order chi connectivity index (χ0) is 17.6. The lowest BCUT2D eigenvalue weighted by atomic mass is 10.1. The van der Waals surface area contributed by atoms with Gasteiger partial charge in [0.05, 0.1) is 13.2 Å². The summed E-state index contributed by atoms with van der Waals surface area (Å²) in [6.45, 7) is 2.87. The maximum absolute atomic E-state index is 10.1. The molecule has 1 fully saturated rings. The van der Waals surface area contributed by atoms with Crippen LogP contribution in [0, 0.1) is 0 Å². The van der Waals surface area contributed by atoms with E-state index in [9.17, 15) is 10.2 Å². The van der Waals surface area contributed by atoms with Gasteiger partial charge in [0, 0.05) is 37.8 Å². The van der Waals surface area contributed by atoms with Crippen molar-refractivity contribution in [1.82, 2.24) is 10.2 Å². The summed E-state index contributed by atoms with van der Waals surface area (Å²) in [5, 5.41) is 23.4. The van der Waals surface area contributed by atoms with Gasteiger partial charge in [-0.3, -0.25) is 4.90 Å². The molecule has 1 saturated heterocycles. The maximum atomic E-state index is 10.1. The third-order valence-electron chi connectivity index (χ3n) is 4.72.